The maximum Gasteiger partial charge on any atom is 0.453 e. The van der Waals surface area contributed by atoms with E-state index in [1.165, 1.54) is 0 Å². The highest BCUT2D eigenvalue weighted by Gasteiger charge is 2.57. The molecule has 334 valence electrons. The minimum atomic E-state index is -5.64. The van der Waals surface area contributed by atoms with Gasteiger partial charge in [-0.2, -0.15) is 22.0 Å². The van der Waals surface area contributed by atoms with E-state index in [1.807, 2.05) is 42.5 Å². The van der Waals surface area contributed by atoms with E-state index in [0.29, 0.717) is 25.7 Å². The van der Waals surface area contributed by atoms with Crippen molar-refractivity contribution in [3.8, 4) is 5.75 Å². The van der Waals surface area contributed by atoms with Crippen molar-refractivity contribution in [2.75, 3.05) is 11.5 Å². The summed E-state index contributed by atoms with van der Waals surface area (Å²) < 4.78 is 88.8. The third kappa shape index (κ3) is 11.7. The Labute approximate surface area is 352 Å². The molecule has 3 N–H and O–H groups in total. The molecule has 60 heavy (non-hydrogen) atoms. The highest BCUT2D eigenvalue weighted by Crippen LogP contribution is 2.62. The quantitative estimate of drug-likeness (QED) is 0.114. The first-order valence-electron chi connectivity index (χ1n) is 21.1. The van der Waals surface area contributed by atoms with Crippen molar-refractivity contribution >= 4 is 28.8 Å². The number of hydrogen-bond donors (Lipinski definition) is 3. The maximum absolute atomic E-state index is 13.7. The summed E-state index contributed by atoms with van der Waals surface area (Å²) in [6, 6.07) is 12.7. The lowest BCUT2D eigenvalue weighted by Crippen LogP contribution is -2.55. The molecule has 3 aliphatic rings. The monoisotopic (exact) mass is 868 g/mol. The lowest BCUT2D eigenvalue weighted by atomic mass is 9.52. The molecule has 3 aliphatic carbocycles. The molecule has 0 saturated heterocycles. The second kappa shape index (κ2) is 19.2. The number of amides is 2. The lowest BCUT2D eigenvalue weighted by Gasteiger charge is -2.53. The molecule has 0 bridgehead atoms. The Hall–Kier alpha value is -3.59. The number of esters is 1. The fourth-order valence-corrected chi connectivity index (χ4v) is 10.9. The molecule has 15 heteroatoms. The topological polar surface area (TPSA) is 131 Å². The zero-order valence-electron chi connectivity index (χ0n) is 35.4. The Morgan fingerprint density at radius 3 is 2.28 bits per heavy atom. The average molecular weight is 869 g/mol. The van der Waals surface area contributed by atoms with Crippen molar-refractivity contribution < 1.29 is 55.1 Å². The van der Waals surface area contributed by atoms with E-state index >= 15 is 0 Å². The van der Waals surface area contributed by atoms with E-state index < -0.39 is 77.5 Å². The van der Waals surface area contributed by atoms with Crippen LogP contribution in [0.2, 0.25) is 0 Å². The standard InChI is InChI=1S/C45H61F5N2O7S/c1-27(2)38(39(54)51-35(40(55)59-42(3,4)5)24-28-12-8-7-9-13-28)52-41(56)58-31-15-16-32-30(26-31)25-29(37-33(32)19-21-43(6)34(37)17-18-36(43)53)14-10-22-60(57)23-11-20-44(46,47)45(48,49)50/h7-9,12-13,15-16,26-27,29,33-38,53H,10-11,14,17-25H2,1-6H3,(H,51,54)(H,52,56)/t29-,33-,34+,35+,36+,37-,38+,43+,60?/m1/s1. The van der Waals surface area contributed by atoms with Crippen LogP contribution in [0.3, 0.4) is 0 Å². The van der Waals surface area contributed by atoms with Crippen LogP contribution < -0.4 is 15.4 Å². The van der Waals surface area contributed by atoms with Crippen LogP contribution in [0.1, 0.15) is 116 Å². The molecule has 2 aromatic rings. The molecule has 2 aromatic carbocycles. The summed E-state index contributed by atoms with van der Waals surface area (Å²) in [5.41, 5.74) is 1.92. The Balaban J connectivity index is 1.26. The number of fused-ring (bicyclic) bond motifs is 5. The van der Waals surface area contributed by atoms with Gasteiger partial charge >= 0.3 is 24.2 Å². The number of benzene rings is 2. The van der Waals surface area contributed by atoms with E-state index in [0.717, 1.165) is 36.0 Å². The normalized spacial score (nSPS) is 25.6. The van der Waals surface area contributed by atoms with Crippen molar-refractivity contribution in [3.63, 3.8) is 0 Å². The molecule has 0 aromatic heterocycles. The fourth-order valence-electron chi connectivity index (χ4n) is 9.77. The molecule has 5 rings (SSSR count). The summed E-state index contributed by atoms with van der Waals surface area (Å²) in [5, 5.41) is 16.5. The number of nitrogens with one attached hydrogen (secondary N) is 2. The van der Waals surface area contributed by atoms with Crippen LogP contribution >= 0.6 is 0 Å². The summed E-state index contributed by atoms with van der Waals surface area (Å²) in [6.45, 7) is 10.9. The largest absolute Gasteiger partial charge is 0.458 e. The second-order valence-electron chi connectivity index (χ2n) is 18.6. The van der Waals surface area contributed by atoms with E-state index in [-0.39, 0.29) is 58.7 Å². The number of hydrogen-bond acceptors (Lipinski definition) is 7. The number of aliphatic hydroxyl groups excluding tert-OH is 1. The van der Waals surface area contributed by atoms with E-state index in [2.05, 4.69) is 17.6 Å². The van der Waals surface area contributed by atoms with Crippen LogP contribution in [0.25, 0.3) is 0 Å². The van der Waals surface area contributed by atoms with Crippen LogP contribution in [0.5, 0.6) is 5.75 Å². The van der Waals surface area contributed by atoms with Gasteiger partial charge in [0.25, 0.3) is 0 Å². The average Bonchev–Trinajstić information content (AvgIpc) is 3.45. The van der Waals surface area contributed by atoms with Crippen LogP contribution in [0.15, 0.2) is 48.5 Å². The third-order valence-corrected chi connectivity index (χ3v) is 14.3. The smallest absolute Gasteiger partial charge is 0.453 e. The van der Waals surface area contributed by atoms with E-state index in [9.17, 15) is 45.7 Å². The molecular weight excluding hydrogens is 808 g/mol. The zero-order valence-corrected chi connectivity index (χ0v) is 36.2. The van der Waals surface area contributed by atoms with Gasteiger partial charge in [0.2, 0.25) is 5.91 Å². The molecule has 2 fully saturated rings. The number of carbonyl (C=O) groups is 3. The van der Waals surface area contributed by atoms with Gasteiger partial charge in [0.15, 0.2) is 0 Å². The van der Waals surface area contributed by atoms with Crippen LogP contribution in [-0.2, 0) is 38.0 Å². The first-order chi connectivity index (χ1) is 28.0. The first-order valence-corrected chi connectivity index (χ1v) is 22.6. The zero-order chi connectivity index (χ0) is 44.2. The Kier molecular flexibility index (Phi) is 15.2. The predicted molar refractivity (Wildman–Crippen MR) is 219 cm³/mol. The number of carbonyl (C=O) groups excluding carboxylic acids is 3. The molecule has 0 heterocycles. The molecule has 9 nitrogen and oxygen atoms in total. The van der Waals surface area contributed by atoms with Crippen LogP contribution in [-0.4, -0.2) is 74.7 Å². The highest BCUT2D eigenvalue weighted by molar-refractivity contribution is 7.84. The lowest BCUT2D eigenvalue weighted by molar-refractivity contribution is -0.284. The second-order valence-corrected chi connectivity index (χ2v) is 20.3. The van der Waals surface area contributed by atoms with Crippen LogP contribution in [0, 0.1) is 29.1 Å². The van der Waals surface area contributed by atoms with Gasteiger partial charge in [0.1, 0.15) is 23.4 Å². The number of ether oxygens (including phenoxy) is 2. The van der Waals surface area contributed by atoms with Crippen LogP contribution in [0.4, 0.5) is 26.7 Å². The molecule has 2 amide bonds. The summed E-state index contributed by atoms with van der Waals surface area (Å²) in [7, 11) is -1.56. The summed E-state index contributed by atoms with van der Waals surface area (Å²) in [4.78, 5) is 40.3. The molecule has 0 radical (unpaired) electrons. The first kappa shape index (κ1) is 47.5. The molecule has 2 saturated carbocycles. The van der Waals surface area contributed by atoms with Gasteiger partial charge in [-0.3, -0.25) is 9.00 Å². The minimum Gasteiger partial charge on any atom is -0.458 e. The van der Waals surface area contributed by atoms with Crippen molar-refractivity contribution in [1.29, 1.82) is 0 Å². The van der Waals surface area contributed by atoms with Gasteiger partial charge in [-0.05, 0) is 136 Å². The molecule has 0 spiro atoms. The summed E-state index contributed by atoms with van der Waals surface area (Å²) in [5.74, 6) is -5.40. The molecule has 1 unspecified atom stereocenters. The van der Waals surface area contributed by atoms with Gasteiger partial charge in [0, 0.05) is 35.1 Å². The molecular formula is C45H61F5N2O7S. The number of alkyl halides is 5. The summed E-state index contributed by atoms with van der Waals surface area (Å²) >= 11 is 0. The number of aliphatic hydroxyl groups is 1. The van der Waals surface area contributed by atoms with Crippen molar-refractivity contribution in [1.82, 2.24) is 10.6 Å². The van der Waals surface area contributed by atoms with Gasteiger partial charge in [-0.1, -0.05) is 57.2 Å². The Morgan fingerprint density at radius 2 is 1.63 bits per heavy atom. The molecule has 0 aliphatic heterocycles. The van der Waals surface area contributed by atoms with Crippen molar-refractivity contribution in [2.24, 2.45) is 29.1 Å². The highest BCUT2D eigenvalue weighted by atomic mass is 32.2. The fraction of sp³-hybridized carbons (Fsp3) is 0.667. The van der Waals surface area contributed by atoms with Gasteiger partial charge in [-0.15, -0.1) is 0 Å². The maximum atomic E-state index is 13.7. The minimum absolute atomic E-state index is 0.107. The van der Waals surface area contributed by atoms with Gasteiger partial charge in [0.05, 0.1) is 6.10 Å². The van der Waals surface area contributed by atoms with Crippen molar-refractivity contribution in [2.45, 2.75) is 148 Å². The molecule has 9 atom stereocenters. The third-order valence-electron chi connectivity index (χ3n) is 12.8. The summed E-state index contributed by atoms with van der Waals surface area (Å²) in [6.07, 6.45) is -3.57. The van der Waals surface area contributed by atoms with E-state index in [1.54, 1.807) is 40.7 Å². The van der Waals surface area contributed by atoms with Gasteiger partial charge < -0.3 is 25.2 Å². The predicted octanol–water partition coefficient (Wildman–Crippen LogP) is 8.82. The Morgan fingerprint density at radius 1 is 0.950 bits per heavy atom. The SMILES string of the molecule is CC(C)[C@H](NC(=O)Oc1ccc2c(c1)C[C@@H](CCCS(=O)CCCC(F)(F)C(F)(F)F)[C@@H]1[C@@H]2CC[C@]2(C)[C@@H](O)CC[C@@H]12)C(=O)N[C@@H](Cc1ccccc1)C(=O)OC(C)(C)C. The number of rotatable bonds is 16. The Bertz CT molecular complexity index is 1840. The van der Waals surface area contributed by atoms with Crippen molar-refractivity contribution in [3.05, 3.63) is 65.2 Å². The van der Waals surface area contributed by atoms with E-state index in [4.69, 9.17) is 9.47 Å². The number of halogens is 5. The van der Waals surface area contributed by atoms with Gasteiger partial charge in [-0.25, -0.2) is 9.59 Å².